The number of carbonyl (C=O) groups is 5. The Balaban J connectivity index is 1.38. The summed E-state index contributed by atoms with van der Waals surface area (Å²) in [5.74, 6) is -5.15. The molecule has 3 aromatic carbocycles. The summed E-state index contributed by atoms with van der Waals surface area (Å²) in [5.41, 5.74) is 1.14. The predicted molar refractivity (Wildman–Crippen MR) is 172 cm³/mol. The maximum Gasteiger partial charge on any atom is 0.241 e. The summed E-state index contributed by atoms with van der Waals surface area (Å²) >= 11 is 3.52. The number of para-hydroxylation sites is 1. The van der Waals surface area contributed by atoms with Gasteiger partial charge >= 0.3 is 0 Å². The van der Waals surface area contributed by atoms with Gasteiger partial charge in [0.2, 0.25) is 23.6 Å². The van der Waals surface area contributed by atoms with Crippen LogP contribution in [-0.2, 0) is 19.2 Å². The molecule has 0 spiro atoms. The highest BCUT2D eigenvalue weighted by atomic mass is 79.9. The van der Waals surface area contributed by atoms with E-state index in [0.29, 0.717) is 27.0 Å². The van der Waals surface area contributed by atoms with E-state index in [0.717, 1.165) is 5.57 Å². The second-order valence-corrected chi connectivity index (χ2v) is 13.6. The normalized spacial score (nSPS) is 28.5. The minimum Gasteiger partial charge on any atom is -0.504 e. The maximum atomic E-state index is 14.5. The van der Waals surface area contributed by atoms with E-state index in [1.54, 1.807) is 73.7 Å². The first-order valence-corrected chi connectivity index (χ1v) is 16.0. The van der Waals surface area contributed by atoms with Crippen LogP contribution in [-0.4, -0.2) is 41.6 Å². The number of carbonyl (C=O) groups excluding carboxylic acids is 5. The number of imide groups is 2. The zero-order valence-electron chi connectivity index (χ0n) is 25.4. The van der Waals surface area contributed by atoms with Crippen LogP contribution in [0.4, 0.5) is 11.4 Å². The molecule has 7 rings (SSSR count). The van der Waals surface area contributed by atoms with E-state index in [9.17, 15) is 29.1 Å². The molecule has 1 N–H and O–H groups in total. The third kappa shape index (κ3) is 4.15. The Bertz CT molecular complexity index is 1870. The third-order valence-electron chi connectivity index (χ3n) is 10.4. The Labute approximate surface area is 274 Å². The number of phenolic OH excluding ortho intramolecular Hbond substituents is 1. The predicted octanol–water partition coefficient (Wildman–Crippen LogP) is 5.80. The molecule has 4 aliphatic rings. The van der Waals surface area contributed by atoms with E-state index in [1.807, 2.05) is 6.08 Å². The van der Waals surface area contributed by atoms with Crippen molar-refractivity contribution in [2.75, 3.05) is 16.9 Å². The second-order valence-electron chi connectivity index (χ2n) is 12.7. The summed E-state index contributed by atoms with van der Waals surface area (Å²) in [6.07, 6.45) is 2.38. The van der Waals surface area contributed by atoms with Crippen molar-refractivity contribution in [2.24, 2.45) is 29.1 Å². The molecule has 1 saturated carbocycles. The fraction of sp³-hybridized carbons (Fsp3) is 0.306. The van der Waals surface area contributed by atoms with Gasteiger partial charge in [0.05, 0.1) is 41.7 Å². The number of ketones is 1. The quantitative estimate of drug-likeness (QED) is 0.205. The zero-order valence-corrected chi connectivity index (χ0v) is 27.0. The molecule has 0 bridgehead atoms. The Hall–Kier alpha value is -4.57. The fourth-order valence-electron chi connectivity index (χ4n) is 8.25. The summed E-state index contributed by atoms with van der Waals surface area (Å²) in [5, 5.41) is 11.5. The Morgan fingerprint density at radius 3 is 2.24 bits per heavy atom. The third-order valence-corrected chi connectivity index (χ3v) is 10.9. The van der Waals surface area contributed by atoms with Crippen molar-refractivity contribution in [3.63, 3.8) is 0 Å². The Morgan fingerprint density at radius 2 is 1.59 bits per heavy atom. The van der Waals surface area contributed by atoms with E-state index in [2.05, 4.69) is 15.9 Å². The number of aromatic hydroxyl groups is 1. The van der Waals surface area contributed by atoms with Gasteiger partial charge in [-0.1, -0.05) is 45.8 Å². The molecule has 0 radical (unpaired) electrons. The molecule has 4 amide bonds. The summed E-state index contributed by atoms with van der Waals surface area (Å²) in [6.45, 7) is 3.22. The molecule has 9 nitrogen and oxygen atoms in total. The number of methoxy groups -OCH3 is 1. The van der Waals surface area contributed by atoms with Gasteiger partial charge in [-0.15, -0.1) is 0 Å². The summed E-state index contributed by atoms with van der Waals surface area (Å²) in [4.78, 5) is 71.2. The number of phenols is 1. The van der Waals surface area contributed by atoms with Gasteiger partial charge in [-0.3, -0.25) is 28.9 Å². The van der Waals surface area contributed by atoms with Gasteiger partial charge < -0.3 is 9.84 Å². The van der Waals surface area contributed by atoms with Crippen LogP contribution in [0.25, 0.3) is 0 Å². The number of ether oxygens (including phenoxy) is 1. The average molecular weight is 684 g/mol. The topological polar surface area (TPSA) is 121 Å². The van der Waals surface area contributed by atoms with Crippen molar-refractivity contribution in [3.05, 3.63) is 94.0 Å². The van der Waals surface area contributed by atoms with Gasteiger partial charge in [0.1, 0.15) is 0 Å². The standard InChI is InChI=1S/C36H31BrN2O7/c1-18(40)19-9-11-22(12-10-19)38-32(42)24-14-13-23-25(29(24)34(38)44)17-27-33(43)39(21-7-5-4-6-8-21)35(45)36(27,2)30(23)26-15-20(37)16-28(46-3)31(26)41/h4-13,15-16,24-25,27,29-30,41H,14,17H2,1-3H3/t24-,25+,27-,29-,30+,36+/m0/s1. The van der Waals surface area contributed by atoms with Crippen LogP contribution in [0, 0.1) is 29.1 Å². The number of amides is 4. The van der Waals surface area contributed by atoms with Crippen LogP contribution >= 0.6 is 15.9 Å². The van der Waals surface area contributed by atoms with Crippen molar-refractivity contribution >= 4 is 56.7 Å². The first-order chi connectivity index (χ1) is 22.0. The molecule has 2 heterocycles. The highest BCUT2D eigenvalue weighted by Gasteiger charge is 2.68. The zero-order chi connectivity index (χ0) is 32.7. The van der Waals surface area contributed by atoms with Crippen LogP contribution in [0.3, 0.4) is 0 Å². The molecular formula is C36H31BrN2O7. The van der Waals surface area contributed by atoms with Gasteiger partial charge in [-0.05, 0) is 81.1 Å². The lowest BCUT2D eigenvalue weighted by Crippen LogP contribution is -2.49. The molecular weight excluding hydrogens is 652 g/mol. The van der Waals surface area contributed by atoms with Gasteiger partial charge in [-0.25, -0.2) is 4.90 Å². The highest BCUT2D eigenvalue weighted by molar-refractivity contribution is 9.10. The number of nitrogens with zero attached hydrogens (tertiary/aromatic N) is 2. The van der Waals surface area contributed by atoms with Gasteiger partial charge in [0.25, 0.3) is 0 Å². The van der Waals surface area contributed by atoms with Crippen molar-refractivity contribution in [2.45, 2.75) is 32.6 Å². The Kier molecular flexibility index (Phi) is 7.04. The first-order valence-electron chi connectivity index (χ1n) is 15.2. The molecule has 234 valence electrons. The van der Waals surface area contributed by atoms with Crippen molar-refractivity contribution in [1.82, 2.24) is 0 Å². The second kappa shape index (κ2) is 10.8. The number of halogens is 1. The van der Waals surface area contributed by atoms with Crippen LogP contribution in [0.1, 0.15) is 48.5 Å². The van der Waals surface area contributed by atoms with Crippen molar-refractivity contribution in [3.8, 4) is 11.5 Å². The van der Waals surface area contributed by atoms with Gasteiger partial charge in [-0.2, -0.15) is 0 Å². The van der Waals surface area contributed by atoms with Crippen LogP contribution < -0.4 is 14.5 Å². The minimum atomic E-state index is -1.31. The van der Waals surface area contributed by atoms with E-state index in [1.165, 1.54) is 23.8 Å². The molecule has 2 aliphatic heterocycles. The smallest absolute Gasteiger partial charge is 0.241 e. The van der Waals surface area contributed by atoms with Crippen molar-refractivity contribution < 1.29 is 33.8 Å². The number of benzene rings is 3. The van der Waals surface area contributed by atoms with Crippen LogP contribution in [0.5, 0.6) is 11.5 Å². The summed E-state index contributed by atoms with van der Waals surface area (Å²) < 4.78 is 6.08. The molecule has 3 aromatic rings. The molecule has 2 aliphatic carbocycles. The van der Waals surface area contributed by atoms with Gasteiger partial charge in [0.15, 0.2) is 17.3 Å². The maximum absolute atomic E-state index is 14.5. The first kappa shape index (κ1) is 30.1. The van der Waals surface area contributed by atoms with Crippen LogP contribution in [0.2, 0.25) is 0 Å². The Morgan fingerprint density at radius 1 is 0.913 bits per heavy atom. The van der Waals surface area contributed by atoms with E-state index in [4.69, 9.17) is 4.74 Å². The molecule has 0 unspecified atom stereocenters. The molecule has 3 fully saturated rings. The lowest BCUT2D eigenvalue weighted by atomic mass is 9.51. The molecule has 6 atom stereocenters. The monoisotopic (exact) mass is 682 g/mol. The number of anilines is 2. The fourth-order valence-corrected chi connectivity index (χ4v) is 8.71. The number of rotatable bonds is 5. The lowest BCUT2D eigenvalue weighted by Gasteiger charge is -2.49. The highest BCUT2D eigenvalue weighted by Crippen LogP contribution is 2.65. The summed E-state index contributed by atoms with van der Waals surface area (Å²) in [6, 6.07) is 18.5. The number of Topliss-reactive ketones (excluding diaryl/α,β-unsaturated/α-hetero) is 1. The number of allylic oxidation sites excluding steroid dienone is 2. The van der Waals surface area contributed by atoms with E-state index >= 15 is 0 Å². The molecule has 46 heavy (non-hydrogen) atoms. The van der Waals surface area contributed by atoms with E-state index < -0.39 is 35.0 Å². The largest absolute Gasteiger partial charge is 0.504 e. The summed E-state index contributed by atoms with van der Waals surface area (Å²) in [7, 11) is 1.44. The SMILES string of the molecule is COc1cc(Br)cc([C@H]2C3=CC[C@@H]4C(=O)N(c5ccc(C(C)=O)cc5)C(=O)[C@@H]4[C@@H]3C[C@H]3C(=O)N(c4ccccc4)C(=O)[C@@]23C)c1O. The van der Waals surface area contributed by atoms with E-state index in [-0.39, 0.29) is 53.8 Å². The molecule has 2 saturated heterocycles. The van der Waals surface area contributed by atoms with Gasteiger partial charge in [0, 0.05) is 21.5 Å². The number of hydrogen-bond acceptors (Lipinski definition) is 7. The van der Waals surface area contributed by atoms with Crippen molar-refractivity contribution in [1.29, 1.82) is 0 Å². The minimum absolute atomic E-state index is 0.128. The average Bonchev–Trinajstić information content (AvgIpc) is 3.42. The lowest BCUT2D eigenvalue weighted by molar-refractivity contribution is -0.131. The molecule has 0 aromatic heterocycles. The number of fused-ring (bicyclic) bond motifs is 4. The molecule has 10 heteroatoms. The van der Waals surface area contributed by atoms with Crippen LogP contribution in [0.15, 0.2) is 82.9 Å². The number of hydrogen-bond donors (Lipinski definition) is 1.